The second-order valence-corrected chi connectivity index (χ2v) is 7.33. The molecular formula is C21H21F3O2. The molecule has 0 N–H and O–H groups in total. The van der Waals surface area contributed by atoms with Crippen LogP contribution in [0, 0.1) is 0 Å². The van der Waals surface area contributed by atoms with Gasteiger partial charge in [-0.2, -0.15) is 13.2 Å². The fraction of sp³-hybridized carbons (Fsp3) is 0.429. The van der Waals surface area contributed by atoms with Crippen molar-refractivity contribution in [3.05, 3.63) is 71.3 Å². The lowest BCUT2D eigenvalue weighted by molar-refractivity contribution is -0.138. The van der Waals surface area contributed by atoms with Crippen molar-refractivity contribution >= 4 is 0 Å². The Labute approximate surface area is 150 Å². The van der Waals surface area contributed by atoms with Crippen LogP contribution >= 0.6 is 0 Å². The predicted molar refractivity (Wildman–Crippen MR) is 91.7 cm³/mol. The van der Waals surface area contributed by atoms with E-state index in [0.29, 0.717) is 25.0 Å². The third-order valence-electron chi connectivity index (χ3n) is 5.61. The van der Waals surface area contributed by atoms with E-state index >= 15 is 0 Å². The first kappa shape index (κ1) is 17.6. The monoisotopic (exact) mass is 362 g/mol. The molecule has 2 aliphatic rings. The summed E-state index contributed by atoms with van der Waals surface area (Å²) in [4.78, 5) is 0. The van der Waals surface area contributed by atoms with Crippen LogP contribution in [0.4, 0.5) is 13.2 Å². The van der Waals surface area contributed by atoms with Crippen LogP contribution < -0.4 is 0 Å². The first-order valence-electron chi connectivity index (χ1n) is 8.87. The van der Waals surface area contributed by atoms with Crippen molar-refractivity contribution in [2.45, 2.75) is 56.3 Å². The van der Waals surface area contributed by atoms with Gasteiger partial charge in [0.05, 0.1) is 24.4 Å². The Hall–Kier alpha value is -1.85. The lowest BCUT2D eigenvalue weighted by Crippen LogP contribution is -2.38. The Kier molecular flexibility index (Phi) is 4.32. The van der Waals surface area contributed by atoms with Crippen LogP contribution in [-0.4, -0.2) is 17.8 Å². The molecule has 138 valence electrons. The van der Waals surface area contributed by atoms with E-state index in [1.165, 1.54) is 6.07 Å². The molecular weight excluding hydrogens is 341 g/mol. The Morgan fingerprint density at radius 3 is 2.46 bits per heavy atom. The van der Waals surface area contributed by atoms with Gasteiger partial charge in [0.1, 0.15) is 5.60 Å². The molecule has 0 spiro atoms. The molecule has 2 nitrogen and oxygen atoms in total. The predicted octanol–water partition coefficient (Wildman–Crippen LogP) is 5.33. The zero-order chi connectivity index (χ0) is 18.4. The molecule has 5 heteroatoms. The minimum atomic E-state index is -4.35. The largest absolute Gasteiger partial charge is 0.416 e. The van der Waals surface area contributed by atoms with E-state index in [1.807, 2.05) is 37.3 Å². The van der Waals surface area contributed by atoms with E-state index in [2.05, 4.69) is 0 Å². The van der Waals surface area contributed by atoms with Crippen molar-refractivity contribution in [3.8, 4) is 0 Å². The van der Waals surface area contributed by atoms with Gasteiger partial charge in [-0.1, -0.05) is 48.5 Å². The van der Waals surface area contributed by atoms with Crippen molar-refractivity contribution in [1.29, 1.82) is 0 Å². The number of halogens is 3. The number of epoxide rings is 1. The van der Waals surface area contributed by atoms with E-state index in [1.54, 1.807) is 12.1 Å². The first-order valence-corrected chi connectivity index (χ1v) is 8.87. The van der Waals surface area contributed by atoms with Gasteiger partial charge >= 0.3 is 6.18 Å². The maximum atomic E-state index is 13.4. The van der Waals surface area contributed by atoms with Crippen molar-refractivity contribution in [3.63, 3.8) is 0 Å². The molecule has 1 aliphatic carbocycles. The first-order chi connectivity index (χ1) is 12.4. The van der Waals surface area contributed by atoms with Crippen molar-refractivity contribution in [1.82, 2.24) is 0 Å². The second-order valence-electron chi connectivity index (χ2n) is 7.33. The van der Waals surface area contributed by atoms with Gasteiger partial charge in [0.15, 0.2) is 0 Å². The molecule has 0 aromatic heterocycles. The summed E-state index contributed by atoms with van der Waals surface area (Å²) in [6, 6.07) is 15.7. The van der Waals surface area contributed by atoms with Gasteiger partial charge in [-0.05, 0) is 42.9 Å². The van der Waals surface area contributed by atoms with E-state index in [0.717, 1.165) is 11.6 Å². The molecule has 1 aliphatic heterocycles. The Morgan fingerprint density at radius 1 is 1.04 bits per heavy atom. The average Bonchev–Trinajstić information content (AvgIpc) is 3.31. The molecule has 1 saturated heterocycles. The summed E-state index contributed by atoms with van der Waals surface area (Å²) in [5.41, 5.74) is 0.478. The fourth-order valence-corrected chi connectivity index (χ4v) is 4.05. The van der Waals surface area contributed by atoms with Gasteiger partial charge in [0, 0.05) is 0 Å². The molecule has 4 rings (SSSR count). The molecule has 0 radical (unpaired) electrons. The van der Waals surface area contributed by atoms with Crippen LogP contribution in [0.1, 0.15) is 42.4 Å². The number of fused-ring (bicyclic) bond motifs is 1. The average molecular weight is 362 g/mol. The van der Waals surface area contributed by atoms with Crippen LogP contribution in [0.2, 0.25) is 0 Å². The zero-order valence-electron chi connectivity index (χ0n) is 14.5. The highest BCUT2D eigenvalue weighted by Gasteiger charge is 2.62. The van der Waals surface area contributed by atoms with Crippen LogP contribution in [0.3, 0.4) is 0 Å². The summed E-state index contributed by atoms with van der Waals surface area (Å²) in [5.74, 6) is -0.214. The van der Waals surface area contributed by atoms with Gasteiger partial charge in [-0.25, -0.2) is 0 Å². The summed E-state index contributed by atoms with van der Waals surface area (Å²) in [6.07, 6.45) is -3.46. The quantitative estimate of drug-likeness (QED) is 0.686. The SMILES string of the molecule is CC12OC1CC(c1ccccc1C(F)(F)F)CC2OCc1ccccc1. The fourth-order valence-electron chi connectivity index (χ4n) is 4.05. The standard InChI is InChI=1S/C21H21F3O2/c1-20-18(25-13-14-7-3-2-4-8-14)11-15(12-19(20)26-20)16-9-5-6-10-17(16)21(22,23)24/h2-10,15,18-19H,11-13H2,1H3. The van der Waals surface area contributed by atoms with Crippen LogP contribution in [0.15, 0.2) is 54.6 Å². The van der Waals surface area contributed by atoms with Gasteiger partial charge in [-0.3, -0.25) is 0 Å². The number of rotatable bonds is 4. The molecule has 2 aromatic rings. The topological polar surface area (TPSA) is 21.8 Å². The van der Waals surface area contributed by atoms with Crippen LogP contribution in [-0.2, 0) is 22.3 Å². The summed E-state index contributed by atoms with van der Waals surface area (Å²) < 4.78 is 52.1. The maximum absolute atomic E-state index is 13.4. The number of ether oxygens (including phenoxy) is 2. The van der Waals surface area contributed by atoms with E-state index < -0.39 is 11.7 Å². The highest BCUT2D eigenvalue weighted by atomic mass is 19.4. The maximum Gasteiger partial charge on any atom is 0.416 e. The van der Waals surface area contributed by atoms with Crippen LogP contribution in [0.25, 0.3) is 0 Å². The summed E-state index contributed by atoms with van der Waals surface area (Å²) in [7, 11) is 0. The van der Waals surface area contributed by atoms with Crippen molar-refractivity contribution < 1.29 is 22.6 Å². The summed E-state index contributed by atoms with van der Waals surface area (Å²) >= 11 is 0. The van der Waals surface area contributed by atoms with Crippen molar-refractivity contribution in [2.75, 3.05) is 0 Å². The number of hydrogen-bond donors (Lipinski definition) is 0. The Bertz CT molecular complexity index is 774. The molecule has 2 aromatic carbocycles. The lowest BCUT2D eigenvalue weighted by Gasteiger charge is -2.32. The highest BCUT2D eigenvalue weighted by Crippen LogP contribution is 2.54. The molecule has 0 bridgehead atoms. The molecule has 2 fully saturated rings. The van der Waals surface area contributed by atoms with E-state index in [9.17, 15) is 13.2 Å². The third-order valence-corrected chi connectivity index (χ3v) is 5.61. The van der Waals surface area contributed by atoms with E-state index in [-0.39, 0.29) is 23.7 Å². The second kappa shape index (κ2) is 6.39. The van der Waals surface area contributed by atoms with E-state index in [4.69, 9.17) is 9.47 Å². The normalized spacial score (nSPS) is 30.7. The molecule has 4 unspecified atom stereocenters. The minimum Gasteiger partial charge on any atom is -0.370 e. The lowest BCUT2D eigenvalue weighted by atomic mass is 9.76. The molecule has 4 atom stereocenters. The zero-order valence-corrected chi connectivity index (χ0v) is 14.5. The van der Waals surface area contributed by atoms with Gasteiger partial charge in [0.2, 0.25) is 0 Å². The third kappa shape index (κ3) is 3.26. The van der Waals surface area contributed by atoms with Crippen molar-refractivity contribution in [2.24, 2.45) is 0 Å². The van der Waals surface area contributed by atoms with Gasteiger partial charge < -0.3 is 9.47 Å². The summed E-state index contributed by atoms with van der Waals surface area (Å²) in [6.45, 7) is 2.43. The smallest absolute Gasteiger partial charge is 0.370 e. The summed E-state index contributed by atoms with van der Waals surface area (Å²) in [5, 5.41) is 0. The van der Waals surface area contributed by atoms with Crippen LogP contribution in [0.5, 0.6) is 0 Å². The number of benzene rings is 2. The molecule has 1 saturated carbocycles. The minimum absolute atomic E-state index is 0.0386. The molecule has 0 amide bonds. The Balaban J connectivity index is 1.54. The van der Waals surface area contributed by atoms with Gasteiger partial charge in [-0.15, -0.1) is 0 Å². The van der Waals surface area contributed by atoms with Gasteiger partial charge in [0.25, 0.3) is 0 Å². The number of alkyl halides is 3. The highest BCUT2D eigenvalue weighted by molar-refractivity contribution is 5.34. The Morgan fingerprint density at radius 2 is 1.73 bits per heavy atom. The number of hydrogen-bond acceptors (Lipinski definition) is 2. The molecule has 1 heterocycles. The molecule has 26 heavy (non-hydrogen) atoms.